The second-order valence-corrected chi connectivity index (χ2v) is 9.77. The van der Waals surface area contributed by atoms with E-state index in [4.69, 9.17) is 19.4 Å². The third kappa shape index (κ3) is 4.69. The van der Waals surface area contributed by atoms with Crippen molar-refractivity contribution in [3.8, 4) is 22.6 Å². The van der Waals surface area contributed by atoms with E-state index in [1.54, 1.807) is 0 Å². The van der Waals surface area contributed by atoms with Crippen molar-refractivity contribution in [3.05, 3.63) is 77.5 Å². The molecule has 2 aliphatic heterocycles. The first kappa shape index (κ1) is 23.3. The van der Waals surface area contributed by atoms with Gasteiger partial charge in [0.1, 0.15) is 13.2 Å². The van der Waals surface area contributed by atoms with E-state index in [0.29, 0.717) is 32.3 Å². The van der Waals surface area contributed by atoms with Gasteiger partial charge in [0.15, 0.2) is 11.5 Å². The molecule has 1 fully saturated rings. The first-order valence-electron chi connectivity index (χ1n) is 12.8. The van der Waals surface area contributed by atoms with E-state index >= 15 is 0 Å². The number of hydrogen-bond donors (Lipinski definition) is 1. The van der Waals surface area contributed by atoms with Gasteiger partial charge in [-0.1, -0.05) is 42.0 Å². The average molecular weight is 495 g/mol. The average Bonchev–Trinajstić information content (AvgIpc) is 2.93. The molecule has 3 heterocycles. The third-order valence-corrected chi connectivity index (χ3v) is 7.18. The minimum Gasteiger partial charge on any atom is -0.486 e. The normalized spacial score (nSPS) is 15.6. The Hall–Kier alpha value is -4.13. The number of rotatable bonds is 4. The van der Waals surface area contributed by atoms with Crippen LogP contribution in [0.25, 0.3) is 22.0 Å². The number of benzene rings is 3. The van der Waals surface area contributed by atoms with Crippen LogP contribution in [0.3, 0.4) is 0 Å². The maximum atomic E-state index is 12.9. The van der Waals surface area contributed by atoms with Crippen molar-refractivity contribution in [2.75, 3.05) is 31.6 Å². The lowest BCUT2D eigenvalue weighted by molar-refractivity contribution is 0.0718. The van der Waals surface area contributed by atoms with Crippen LogP contribution in [-0.4, -0.2) is 53.1 Å². The number of ether oxygens (including phenoxy) is 2. The summed E-state index contributed by atoms with van der Waals surface area (Å²) in [6.07, 6.45) is 1.71. The van der Waals surface area contributed by atoms with Crippen molar-refractivity contribution in [1.82, 2.24) is 14.9 Å². The molecule has 6 rings (SSSR count). The number of fused-ring (bicyclic) bond motifs is 2. The Kier molecular flexibility index (Phi) is 6.12. The predicted octanol–water partition coefficient (Wildman–Crippen LogP) is 5.40. The topological polar surface area (TPSA) is 76.6 Å². The number of anilines is 1. The van der Waals surface area contributed by atoms with Gasteiger partial charge in [-0.25, -0.2) is 9.97 Å². The number of nitrogens with zero attached hydrogens (tertiary/aromatic N) is 3. The number of nitrogens with one attached hydrogen (secondary N) is 1. The van der Waals surface area contributed by atoms with Crippen LogP contribution in [0.1, 0.15) is 34.5 Å². The van der Waals surface area contributed by atoms with Gasteiger partial charge in [-0.2, -0.15) is 0 Å². The largest absolute Gasteiger partial charge is 0.486 e. The van der Waals surface area contributed by atoms with Crippen LogP contribution < -0.4 is 14.8 Å². The molecule has 0 atom stereocenters. The molecule has 0 radical (unpaired) electrons. The molecular formula is C30H30N4O3. The molecule has 0 unspecified atom stereocenters. The van der Waals surface area contributed by atoms with E-state index < -0.39 is 0 Å². The number of aromatic nitrogens is 2. The van der Waals surface area contributed by atoms with E-state index in [0.717, 1.165) is 63.2 Å². The molecule has 1 aromatic heterocycles. The van der Waals surface area contributed by atoms with Crippen molar-refractivity contribution in [1.29, 1.82) is 0 Å². The maximum absolute atomic E-state index is 12.9. The third-order valence-electron chi connectivity index (χ3n) is 7.18. The summed E-state index contributed by atoms with van der Waals surface area (Å²) in [5.41, 5.74) is 5.74. The molecule has 0 saturated carbocycles. The number of amides is 1. The summed E-state index contributed by atoms with van der Waals surface area (Å²) in [5, 5.41) is 4.55. The van der Waals surface area contributed by atoms with Crippen molar-refractivity contribution >= 4 is 22.8 Å². The number of aryl methyl sites for hydroxylation is 2. The Morgan fingerprint density at radius 3 is 2.54 bits per heavy atom. The summed E-state index contributed by atoms with van der Waals surface area (Å²) in [6.45, 7) is 6.57. The van der Waals surface area contributed by atoms with Crippen molar-refractivity contribution in [2.24, 2.45) is 0 Å². The smallest absolute Gasteiger partial charge is 0.253 e. The van der Waals surface area contributed by atoms with Crippen LogP contribution in [0.5, 0.6) is 11.5 Å². The molecule has 0 bridgehead atoms. The fraction of sp³-hybridized carbons (Fsp3) is 0.300. The van der Waals surface area contributed by atoms with Gasteiger partial charge >= 0.3 is 0 Å². The maximum Gasteiger partial charge on any atom is 0.253 e. The Morgan fingerprint density at radius 2 is 1.73 bits per heavy atom. The van der Waals surface area contributed by atoms with E-state index in [2.05, 4.69) is 23.5 Å². The van der Waals surface area contributed by atoms with Crippen molar-refractivity contribution < 1.29 is 14.3 Å². The zero-order chi connectivity index (χ0) is 25.4. The molecular weight excluding hydrogens is 464 g/mol. The van der Waals surface area contributed by atoms with Crippen LogP contribution >= 0.6 is 0 Å². The molecule has 188 valence electrons. The monoisotopic (exact) mass is 494 g/mol. The quantitative estimate of drug-likeness (QED) is 0.409. The number of para-hydroxylation sites is 1. The predicted molar refractivity (Wildman–Crippen MR) is 144 cm³/mol. The second kappa shape index (κ2) is 9.73. The van der Waals surface area contributed by atoms with Crippen LogP contribution in [0.15, 0.2) is 60.7 Å². The molecule has 0 aliphatic carbocycles. The Bertz CT molecular complexity index is 1460. The summed E-state index contributed by atoms with van der Waals surface area (Å²) in [6, 6.07) is 20.2. The molecule has 0 spiro atoms. The summed E-state index contributed by atoms with van der Waals surface area (Å²) in [5.74, 6) is 2.28. The van der Waals surface area contributed by atoms with Crippen LogP contribution in [0.4, 0.5) is 5.95 Å². The summed E-state index contributed by atoms with van der Waals surface area (Å²) >= 11 is 0. The van der Waals surface area contributed by atoms with Gasteiger partial charge in [0.05, 0.1) is 11.2 Å². The van der Waals surface area contributed by atoms with E-state index in [1.165, 1.54) is 0 Å². The highest BCUT2D eigenvalue weighted by atomic mass is 16.6. The Balaban J connectivity index is 1.19. The van der Waals surface area contributed by atoms with Gasteiger partial charge < -0.3 is 19.7 Å². The number of carbonyl (C=O) groups is 1. The molecule has 1 N–H and O–H groups in total. The van der Waals surface area contributed by atoms with Crippen LogP contribution in [0, 0.1) is 13.8 Å². The minimum atomic E-state index is 0.0984. The lowest BCUT2D eigenvalue weighted by Crippen LogP contribution is -2.42. The SMILES string of the molecule is Cc1ccc(C(=O)N2CCC(Nc3nc(C)c4ccc(-c5cccc6c5OCCO6)cc4n3)CC2)cc1. The minimum absolute atomic E-state index is 0.0984. The summed E-state index contributed by atoms with van der Waals surface area (Å²) in [4.78, 5) is 24.4. The van der Waals surface area contributed by atoms with Crippen LogP contribution in [0.2, 0.25) is 0 Å². The first-order valence-corrected chi connectivity index (χ1v) is 12.8. The lowest BCUT2D eigenvalue weighted by atomic mass is 10.0. The molecule has 7 nitrogen and oxygen atoms in total. The molecule has 7 heteroatoms. The van der Waals surface area contributed by atoms with E-state index in [9.17, 15) is 4.79 Å². The number of piperidine rings is 1. The lowest BCUT2D eigenvalue weighted by Gasteiger charge is -2.32. The highest BCUT2D eigenvalue weighted by molar-refractivity contribution is 5.94. The standard InChI is InChI=1S/C30H30N4O3/c1-19-6-8-21(9-7-19)29(35)34-14-12-23(13-15-34)32-30-31-20(2)24-11-10-22(18-26(24)33-30)25-4-3-5-27-28(25)37-17-16-36-27/h3-11,18,23H,12-17H2,1-2H3,(H,31,32,33). The highest BCUT2D eigenvalue weighted by Crippen LogP contribution is 2.40. The fourth-order valence-corrected chi connectivity index (χ4v) is 5.11. The van der Waals surface area contributed by atoms with Crippen molar-refractivity contribution in [2.45, 2.75) is 32.7 Å². The number of carbonyl (C=O) groups excluding carboxylic acids is 1. The fourth-order valence-electron chi connectivity index (χ4n) is 5.11. The number of likely N-dealkylation sites (tertiary alicyclic amines) is 1. The van der Waals surface area contributed by atoms with E-state index in [-0.39, 0.29) is 11.9 Å². The molecule has 4 aromatic rings. The van der Waals surface area contributed by atoms with Gasteiger partial charge in [-0.3, -0.25) is 4.79 Å². The second-order valence-electron chi connectivity index (χ2n) is 9.77. The van der Waals surface area contributed by atoms with Crippen LogP contribution in [-0.2, 0) is 0 Å². The van der Waals surface area contributed by atoms with Gasteiger partial charge in [0.25, 0.3) is 5.91 Å². The molecule has 2 aliphatic rings. The first-order chi connectivity index (χ1) is 18.0. The Labute approximate surface area is 216 Å². The van der Waals surface area contributed by atoms with Gasteiger partial charge in [-0.15, -0.1) is 0 Å². The summed E-state index contributed by atoms with van der Waals surface area (Å²) < 4.78 is 11.7. The molecule has 1 saturated heterocycles. The molecule has 3 aromatic carbocycles. The zero-order valence-corrected chi connectivity index (χ0v) is 21.2. The van der Waals surface area contributed by atoms with Gasteiger partial charge in [0.2, 0.25) is 5.95 Å². The van der Waals surface area contributed by atoms with Gasteiger partial charge in [0, 0.05) is 35.6 Å². The van der Waals surface area contributed by atoms with E-state index in [1.807, 2.05) is 61.2 Å². The zero-order valence-electron chi connectivity index (χ0n) is 21.2. The van der Waals surface area contributed by atoms with Crippen molar-refractivity contribution in [3.63, 3.8) is 0 Å². The number of hydrogen-bond acceptors (Lipinski definition) is 6. The van der Waals surface area contributed by atoms with Gasteiger partial charge in [-0.05, 0) is 56.5 Å². The Morgan fingerprint density at radius 1 is 0.946 bits per heavy atom. The highest BCUT2D eigenvalue weighted by Gasteiger charge is 2.24. The molecule has 1 amide bonds. The molecule has 37 heavy (non-hydrogen) atoms. The summed E-state index contributed by atoms with van der Waals surface area (Å²) in [7, 11) is 0.